The van der Waals surface area contributed by atoms with Crippen LogP contribution in [0.1, 0.15) is 37.2 Å². The van der Waals surface area contributed by atoms with Crippen molar-refractivity contribution in [2.75, 3.05) is 19.7 Å². The number of carbonyl (C=O) groups excluding carboxylic acids is 1. The monoisotopic (exact) mass is 327 g/mol. The van der Waals surface area contributed by atoms with Crippen molar-refractivity contribution >= 4 is 5.91 Å². The van der Waals surface area contributed by atoms with Crippen LogP contribution in [0.2, 0.25) is 0 Å². The number of ether oxygens (including phenoxy) is 1. The predicted octanol–water partition coefficient (Wildman–Crippen LogP) is 3.15. The lowest BCUT2D eigenvalue weighted by Gasteiger charge is -2.32. The van der Waals surface area contributed by atoms with Gasteiger partial charge in [-0.2, -0.15) is 0 Å². The Morgan fingerprint density at radius 1 is 1.25 bits per heavy atom. The number of rotatable bonds is 5. The van der Waals surface area contributed by atoms with Gasteiger partial charge >= 0.3 is 0 Å². The first kappa shape index (κ1) is 16.7. The predicted molar refractivity (Wildman–Crippen MR) is 93.3 cm³/mol. The molecule has 1 saturated heterocycles. The molecule has 1 aromatic heterocycles. The van der Waals surface area contributed by atoms with E-state index in [1.807, 2.05) is 39.8 Å². The van der Waals surface area contributed by atoms with Gasteiger partial charge in [-0.05, 0) is 30.9 Å². The van der Waals surface area contributed by atoms with Gasteiger partial charge in [0.2, 0.25) is 0 Å². The Morgan fingerprint density at radius 2 is 1.96 bits per heavy atom. The summed E-state index contributed by atoms with van der Waals surface area (Å²) in [5.41, 5.74) is 1.57. The van der Waals surface area contributed by atoms with E-state index in [-0.39, 0.29) is 12.0 Å². The molecule has 128 valence electrons. The van der Waals surface area contributed by atoms with Crippen LogP contribution in [0.5, 0.6) is 0 Å². The van der Waals surface area contributed by atoms with Crippen LogP contribution < -0.4 is 0 Å². The van der Waals surface area contributed by atoms with Crippen molar-refractivity contribution in [3.8, 4) is 5.69 Å². The Labute approximate surface area is 143 Å². The second kappa shape index (κ2) is 7.62. The number of para-hydroxylation sites is 1. The van der Waals surface area contributed by atoms with Gasteiger partial charge < -0.3 is 9.64 Å². The van der Waals surface area contributed by atoms with Crippen LogP contribution >= 0.6 is 0 Å². The average molecular weight is 327 g/mol. The maximum atomic E-state index is 12.9. The first-order valence-electron chi connectivity index (χ1n) is 8.64. The molecule has 2 heterocycles. The minimum absolute atomic E-state index is 0.0404. The number of aromatic nitrogens is 2. The van der Waals surface area contributed by atoms with Crippen LogP contribution in [0.25, 0.3) is 5.69 Å². The van der Waals surface area contributed by atoms with Gasteiger partial charge in [-0.1, -0.05) is 32.0 Å². The van der Waals surface area contributed by atoms with E-state index in [4.69, 9.17) is 4.74 Å². The number of benzene rings is 1. The highest BCUT2D eigenvalue weighted by Crippen LogP contribution is 2.18. The highest BCUT2D eigenvalue weighted by molar-refractivity contribution is 5.93. The van der Waals surface area contributed by atoms with Gasteiger partial charge in [0, 0.05) is 25.4 Å². The summed E-state index contributed by atoms with van der Waals surface area (Å²) in [6, 6.07) is 9.83. The number of nitrogens with zero attached hydrogens (tertiary/aromatic N) is 3. The first-order valence-corrected chi connectivity index (χ1v) is 8.64. The summed E-state index contributed by atoms with van der Waals surface area (Å²) in [6.45, 7) is 6.58. The molecule has 24 heavy (non-hydrogen) atoms. The molecule has 0 unspecified atom stereocenters. The van der Waals surface area contributed by atoms with E-state index in [1.165, 1.54) is 0 Å². The molecule has 1 amide bonds. The Kier molecular flexibility index (Phi) is 5.30. The Balaban J connectivity index is 1.64. The Bertz CT molecular complexity index is 658. The minimum atomic E-state index is 0.0404. The molecule has 0 bridgehead atoms. The third-order valence-corrected chi connectivity index (χ3v) is 4.29. The fourth-order valence-electron chi connectivity index (χ4n) is 2.96. The SMILES string of the molecule is CC(C)COC1CCN(C(=O)c2cncn2-c2ccccc2)CC1. The molecule has 0 spiro atoms. The van der Waals surface area contributed by atoms with E-state index in [0.29, 0.717) is 11.6 Å². The van der Waals surface area contributed by atoms with E-state index in [9.17, 15) is 4.79 Å². The molecule has 0 N–H and O–H groups in total. The lowest BCUT2D eigenvalue weighted by atomic mass is 10.1. The quantitative estimate of drug-likeness (QED) is 0.847. The van der Waals surface area contributed by atoms with Gasteiger partial charge in [0.05, 0.1) is 18.6 Å². The summed E-state index contributed by atoms with van der Waals surface area (Å²) in [5, 5.41) is 0. The molecule has 1 aliphatic rings. The number of carbonyl (C=O) groups is 1. The summed E-state index contributed by atoms with van der Waals surface area (Å²) >= 11 is 0. The third-order valence-electron chi connectivity index (χ3n) is 4.29. The topological polar surface area (TPSA) is 47.4 Å². The molecule has 0 aliphatic carbocycles. The molecular formula is C19H25N3O2. The van der Waals surface area contributed by atoms with Gasteiger partial charge in [-0.3, -0.25) is 9.36 Å². The molecule has 0 radical (unpaired) electrons. The zero-order valence-electron chi connectivity index (χ0n) is 14.4. The summed E-state index contributed by atoms with van der Waals surface area (Å²) in [6.07, 6.45) is 5.42. The Morgan fingerprint density at radius 3 is 2.62 bits per heavy atom. The average Bonchev–Trinajstić information content (AvgIpc) is 3.10. The number of piperidine rings is 1. The number of likely N-dealkylation sites (tertiary alicyclic amines) is 1. The summed E-state index contributed by atoms with van der Waals surface area (Å²) < 4.78 is 7.75. The highest BCUT2D eigenvalue weighted by atomic mass is 16.5. The number of amides is 1. The smallest absolute Gasteiger partial charge is 0.272 e. The number of hydrogen-bond donors (Lipinski definition) is 0. The van der Waals surface area contributed by atoms with Crippen molar-refractivity contribution in [1.29, 1.82) is 0 Å². The molecule has 0 atom stereocenters. The fraction of sp³-hybridized carbons (Fsp3) is 0.474. The molecule has 0 saturated carbocycles. The standard InChI is InChI=1S/C19H25N3O2/c1-15(2)13-24-17-8-10-21(11-9-17)19(23)18-12-20-14-22(18)16-6-4-3-5-7-16/h3-7,12,14-15,17H,8-11,13H2,1-2H3. The zero-order valence-corrected chi connectivity index (χ0v) is 14.4. The van der Waals surface area contributed by atoms with Crippen molar-refractivity contribution in [2.45, 2.75) is 32.8 Å². The Hall–Kier alpha value is -2.14. The van der Waals surface area contributed by atoms with Crippen molar-refractivity contribution in [3.63, 3.8) is 0 Å². The molecule has 1 fully saturated rings. The van der Waals surface area contributed by atoms with Crippen molar-refractivity contribution in [2.24, 2.45) is 5.92 Å². The van der Waals surface area contributed by atoms with E-state index < -0.39 is 0 Å². The van der Waals surface area contributed by atoms with Gasteiger partial charge in [0.25, 0.3) is 5.91 Å². The normalized spacial score (nSPS) is 15.9. The molecule has 3 rings (SSSR count). The molecule has 1 aliphatic heterocycles. The summed E-state index contributed by atoms with van der Waals surface area (Å²) in [5.74, 6) is 0.587. The maximum absolute atomic E-state index is 12.9. The number of imidazole rings is 1. The molecule has 5 heteroatoms. The van der Waals surface area contributed by atoms with Gasteiger partial charge in [-0.15, -0.1) is 0 Å². The van der Waals surface area contributed by atoms with Crippen molar-refractivity contribution in [3.05, 3.63) is 48.5 Å². The van der Waals surface area contributed by atoms with Crippen molar-refractivity contribution < 1.29 is 9.53 Å². The van der Waals surface area contributed by atoms with E-state index in [0.717, 1.165) is 38.2 Å². The van der Waals surface area contributed by atoms with Gasteiger partial charge in [0.15, 0.2) is 0 Å². The fourth-order valence-corrected chi connectivity index (χ4v) is 2.96. The second-order valence-electron chi connectivity index (χ2n) is 6.70. The summed E-state index contributed by atoms with van der Waals surface area (Å²) in [4.78, 5) is 18.9. The van der Waals surface area contributed by atoms with E-state index >= 15 is 0 Å². The van der Waals surface area contributed by atoms with Crippen LogP contribution in [0.3, 0.4) is 0 Å². The third kappa shape index (κ3) is 3.85. The van der Waals surface area contributed by atoms with Crippen LogP contribution in [0, 0.1) is 5.92 Å². The summed E-state index contributed by atoms with van der Waals surface area (Å²) in [7, 11) is 0. The van der Waals surface area contributed by atoms with Gasteiger partial charge in [0.1, 0.15) is 5.69 Å². The lowest BCUT2D eigenvalue weighted by molar-refractivity contribution is -0.00247. The van der Waals surface area contributed by atoms with E-state index in [1.54, 1.807) is 12.5 Å². The van der Waals surface area contributed by atoms with Crippen molar-refractivity contribution in [1.82, 2.24) is 14.5 Å². The minimum Gasteiger partial charge on any atom is -0.378 e. The zero-order chi connectivity index (χ0) is 16.9. The largest absolute Gasteiger partial charge is 0.378 e. The maximum Gasteiger partial charge on any atom is 0.272 e. The molecule has 5 nitrogen and oxygen atoms in total. The van der Waals surface area contributed by atoms with Crippen LogP contribution in [-0.4, -0.2) is 46.2 Å². The molecular weight excluding hydrogens is 302 g/mol. The number of hydrogen-bond acceptors (Lipinski definition) is 3. The van der Waals surface area contributed by atoms with E-state index in [2.05, 4.69) is 18.8 Å². The molecule has 2 aromatic rings. The lowest BCUT2D eigenvalue weighted by Crippen LogP contribution is -2.41. The van der Waals surface area contributed by atoms with Crippen LogP contribution in [-0.2, 0) is 4.74 Å². The van der Waals surface area contributed by atoms with Crippen LogP contribution in [0.15, 0.2) is 42.9 Å². The van der Waals surface area contributed by atoms with Gasteiger partial charge in [-0.25, -0.2) is 4.98 Å². The second-order valence-corrected chi connectivity index (χ2v) is 6.70. The first-order chi connectivity index (χ1) is 11.6. The highest BCUT2D eigenvalue weighted by Gasteiger charge is 2.26. The molecule has 1 aromatic carbocycles. The van der Waals surface area contributed by atoms with Crippen LogP contribution in [0.4, 0.5) is 0 Å².